The lowest BCUT2D eigenvalue weighted by Gasteiger charge is -2.22. The van der Waals surface area contributed by atoms with Crippen molar-refractivity contribution >= 4 is 17.5 Å². The van der Waals surface area contributed by atoms with Gasteiger partial charge in [0.2, 0.25) is 0 Å². The summed E-state index contributed by atoms with van der Waals surface area (Å²) in [6, 6.07) is 19.9. The minimum absolute atomic E-state index is 0.0445. The molecule has 1 aromatic heterocycles. The maximum absolute atomic E-state index is 12.4. The minimum atomic E-state index is 0.0445. The van der Waals surface area contributed by atoms with Gasteiger partial charge in [-0.2, -0.15) is 0 Å². The van der Waals surface area contributed by atoms with Gasteiger partial charge >= 0.3 is 0 Å². The van der Waals surface area contributed by atoms with Gasteiger partial charge in [-0.05, 0) is 48.6 Å². The number of benzene rings is 2. The number of hydrogen-bond acceptors (Lipinski definition) is 5. The highest BCUT2D eigenvalue weighted by Crippen LogP contribution is 2.33. The van der Waals surface area contributed by atoms with E-state index in [4.69, 9.17) is 4.74 Å². The average molecular weight is 419 g/mol. The van der Waals surface area contributed by atoms with E-state index in [2.05, 4.69) is 34.5 Å². The van der Waals surface area contributed by atoms with Crippen molar-refractivity contribution in [3.8, 4) is 17.0 Å². The van der Waals surface area contributed by atoms with Crippen molar-refractivity contribution in [3.63, 3.8) is 0 Å². The van der Waals surface area contributed by atoms with E-state index >= 15 is 0 Å². The maximum atomic E-state index is 12.4. The molecule has 0 saturated heterocycles. The normalized spacial score (nSPS) is 14.4. The highest BCUT2D eigenvalue weighted by Gasteiger charge is 2.15. The Morgan fingerprint density at radius 3 is 2.50 bits per heavy atom. The Labute approximate surface area is 182 Å². The molecule has 0 unspecified atom stereocenters. The fourth-order valence-corrected chi connectivity index (χ4v) is 4.64. The van der Waals surface area contributed by atoms with Crippen molar-refractivity contribution in [2.45, 2.75) is 43.0 Å². The average Bonchev–Trinajstić information content (AvgIpc) is 2.83. The Balaban J connectivity index is 1.36. The Morgan fingerprint density at radius 1 is 1.00 bits per heavy atom. The molecule has 2 aromatic carbocycles. The number of hydrogen-bond donors (Lipinski definition) is 0. The molecule has 4 nitrogen and oxygen atoms in total. The number of Topliss-reactive ketones (excluding diaryl/α,β-unsaturated/α-hetero) is 1. The van der Waals surface area contributed by atoms with Crippen LogP contribution in [0.15, 0.2) is 65.7 Å². The summed E-state index contributed by atoms with van der Waals surface area (Å²) in [7, 11) is 1.60. The Bertz CT molecular complexity index is 981. The van der Waals surface area contributed by atoms with Crippen LogP contribution in [0.25, 0.3) is 11.3 Å². The van der Waals surface area contributed by atoms with Crippen molar-refractivity contribution in [1.82, 2.24) is 10.2 Å². The smallest absolute Gasteiger partial charge is 0.173 e. The largest absolute Gasteiger partial charge is 0.497 e. The van der Waals surface area contributed by atoms with Gasteiger partial charge in [0.25, 0.3) is 0 Å². The summed E-state index contributed by atoms with van der Waals surface area (Å²) in [4.78, 5) is 12.4. The molecule has 0 atom stereocenters. The maximum Gasteiger partial charge on any atom is 0.173 e. The quantitative estimate of drug-likeness (QED) is 0.339. The van der Waals surface area contributed by atoms with Gasteiger partial charge in [0.15, 0.2) is 5.78 Å². The van der Waals surface area contributed by atoms with E-state index in [-0.39, 0.29) is 5.78 Å². The molecule has 1 heterocycles. The molecule has 1 aliphatic rings. The van der Waals surface area contributed by atoms with E-state index in [9.17, 15) is 4.79 Å². The zero-order valence-electron chi connectivity index (χ0n) is 17.2. The van der Waals surface area contributed by atoms with Crippen LogP contribution in [0.4, 0.5) is 0 Å². The first kappa shape index (κ1) is 20.6. The Hall–Kier alpha value is -2.66. The molecule has 30 heavy (non-hydrogen) atoms. The molecule has 0 aliphatic heterocycles. The Morgan fingerprint density at radius 2 is 1.80 bits per heavy atom. The third-order valence-electron chi connectivity index (χ3n) is 5.67. The predicted molar refractivity (Wildman–Crippen MR) is 121 cm³/mol. The lowest BCUT2D eigenvalue weighted by Crippen LogP contribution is -2.04. The van der Waals surface area contributed by atoms with E-state index in [1.807, 2.05) is 24.3 Å². The fraction of sp³-hybridized carbons (Fsp3) is 0.320. The zero-order valence-corrected chi connectivity index (χ0v) is 18.0. The summed E-state index contributed by atoms with van der Waals surface area (Å²) in [6.45, 7) is 0. The lowest BCUT2D eigenvalue weighted by atomic mass is 9.84. The number of rotatable bonds is 7. The van der Waals surface area contributed by atoms with E-state index in [0.717, 1.165) is 16.3 Å². The third-order valence-corrected chi connectivity index (χ3v) is 6.59. The molecule has 0 bridgehead atoms. The Kier molecular flexibility index (Phi) is 6.80. The number of thioether (sulfide) groups is 1. The van der Waals surface area contributed by atoms with Gasteiger partial charge in [0, 0.05) is 11.1 Å². The second kappa shape index (κ2) is 9.90. The lowest BCUT2D eigenvalue weighted by molar-refractivity contribution is 0.102. The first-order chi connectivity index (χ1) is 14.7. The molecule has 0 amide bonds. The number of methoxy groups -OCH3 is 1. The standard InChI is InChI=1S/C25H26N2O2S/c1-29-22-9-5-8-21(16-22)24(28)17-30-25-15-14-23(26-27-25)20-12-10-19(11-13-20)18-6-3-2-4-7-18/h5,8-16,18H,2-4,6-7,17H2,1H3. The van der Waals surface area contributed by atoms with Crippen LogP contribution in [0.3, 0.4) is 0 Å². The van der Waals surface area contributed by atoms with Crippen LogP contribution < -0.4 is 4.74 Å². The molecular formula is C25H26N2O2S. The van der Waals surface area contributed by atoms with E-state index in [1.54, 1.807) is 19.2 Å². The van der Waals surface area contributed by atoms with Crippen LogP contribution in [0.2, 0.25) is 0 Å². The van der Waals surface area contributed by atoms with Crippen molar-refractivity contribution in [2.75, 3.05) is 12.9 Å². The molecule has 0 spiro atoms. The third kappa shape index (κ3) is 5.08. The van der Waals surface area contributed by atoms with E-state index in [0.29, 0.717) is 23.0 Å². The van der Waals surface area contributed by atoms with Gasteiger partial charge in [-0.15, -0.1) is 10.2 Å². The summed E-state index contributed by atoms with van der Waals surface area (Å²) in [6.07, 6.45) is 6.67. The molecule has 3 aromatic rings. The number of nitrogens with zero attached hydrogens (tertiary/aromatic N) is 2. The molecular weight excluding hydrogens is 392 g/mol. The van der Waals surface area contributed by atoms with Crippen molar-refractivity contribution in [1.29, 1.82) is 0 Å². The second-order valence-corrected chi connectivity index (χ2v) is 8.65. The van der Waals surface area contributed by atoms with Crippen LogP contribution in [-0.2, 0) is 0 Å². The number of carbonyl (C=O) groups is 1. The minimum Gasteiger partial charge on any atom is -0.497 e. The molecule has 0 radical (unpaired) electrons. The van der Waals surface area contributed by atoms with Gasteiger partial charge < -0.3 is 4.74 Å². The fourth-order valence-electron chi connectivity index (χ4n) is 3.93. The number of ketones is 1. The summed E-state index contributed by atoms with van der Waals surface area (Å²) in [5.41, 5.74) is 4.01. The second-order valence-electron chi connectivity index (χ2n) is 7.66. The molecule has 1 aliphatic carbocycles. The summed E-state index contributed by atoms with van der Waals surface area (Å²) >= 11 is 1.40. The van der Waals surface area contributed by atoms with Crippen LogP contribution in [0.1, 0.15) is 53.9 Å². The molecule has 1 fully saturated rings. The monoisotopic (exact) mass is 418 g/mol. The zero-order chi connectivity index (χ0) is 20.8. The van der Waals surface area contributed by atoms with Gasteiger partial charge in [0.05, 0.1) is 18.6 Å². The number of ether oxygens (including phenoxy) is 1. The van der Waals surface area contributed by atoms with Gasteiger partial charge in [-0.25, -0.2) is 0 Å². The van der Waals surface area contributed by atoms with Gasteiger partial charge in [0.1, 0.15) is 10.8 Å². The SMILES string of the molecule is COc1cccc(C(=O)CSc2ccc(-c3ccc(C4CCCCC4)cc3)nn2)c1. The number of aromatic nitrogens is 2. The topological polar surface area (TPSA) is 52.1 Å². The number of carbonyl (C=O) groups excluding carboxylic acids is 1. The van der Waals surface area contributed by atoms with Crippen molar-refractivity contribution < 1.29 is 9.53 Å². The molecule has 1 saturated carbocycles. The first-order valence-corrected chi connectivity index (χ1v) is 11.5. The summed E-state index contributed by atoms with van der Waals surface area (Å²) in [5, 5.41) is 9.41. The highest BCUT2D eigenvalue weighted by atomic mass is 32.2. The van der Waals surface area contributed by atoms with Crippen molar-refractivity contribution in [3.05, 3.63) is 71.8 Å². The summed E-state index contributed by atoms with van der Waals surface area (Å²) < 4.78 is 5.18. The van der Waals surface area contributed by atoms with Crippen LogP contribution in [0, 0.1) is 0 Å². The molecule has 154 valence electrons. The van der Waals surface area contributed by atoms with Crippen LogP contribution in [0.5, 0.6) is 5.75 Å². The van der Waals surface area contributed by atoms with E-state index in [1.165, 1.54) is 49.4 Å². The van der Waals surface area contributed by atoms with Gasteiger partial charge in [-0.1, -0.05) is 67.4 Å². The van der Waals surface area contributed by atoms with Crippen LogP contribution >= 0.6 is 11.8 Å². The molecule has 0 N–H and O–H groups in total. The molecule has 5 heteroatoms. The van der Waals surface area contributed by atoms with Gasteiger partial charge in [-0.3, -0.25) is 4.79 Å². The van der Waals surface area contributed by atoms with Crippen molar-refractivity contribution in [2.24, 2.45) is 0 Å². The highest BCUT2D eigenvalue weighted by molar-refractivity contribution is 7.99. The summed E-state index contributed by atoms with van der Waals surface area (Å²) in [5.74, 6) is 1.75. The predicted octanol–water partition coefficient (Wildman–Crippen LogP) is 6.17. The van der Waals surface area contributed by atoms with Crippen LogP contribution in [-0.4, -0.2) is 28.8 Å². The molecule has 4 rings (SSSR count). The van der Waals surface area contributed by atoms with E-state index < -0.39 is 0 Å². The first-order valence-electron chi connectivity index (χ1n) is 10.5.